The van der Waals surface area contributed by atoms with Crippen molar-refractivity contribution in [2.75, 3.05) is 12.8 Å². The van der Waals surface area contributed by atoms with E-state index in [1.165, 1.54) is 0 Å². The van der Waals surface area contributed by atoms with Crippen molar-refractivity contribution in [3.8, 4) is 0 Å². The van der Waals surface area contributed by atoms with Crippen LogP contribution in [0.5, 0.6) is 0 Å². The van der Waals surface area contributed by atoms with Crippen LogP contribution in [0.3, 0.4) is 0 Å². The van der Waals surface area contributed by atoms with Crippen LogP contribution in [0.25, 0.3) is 0 Å². The molecule has 0 aliphatic rings. The van der Waals surface area contributed by atoms with Gasteiger partial charge in [0.1, 0.15) is 0 Å². The fraction of sp³-hybridized carbons (Fsp3) is 0.0833. The van der Waals surface area contributed by atoms with Gasteiger partial charge < -0.3 is 11.1 Å². The van der Waals surface area contributed by atoms with Gasteiger partial charge in [-0.2, -0.15) is 0 Å². The fourth-order valence-electron chi connectivity index (χ4n) is 1.38. The van der Waals surface area contributed by atoms with Gasteiger partial charge in [-0.05, 0) is 29.6 Å². The molecule has 5 heteroatoms. The fourth-order valence-corrected chi connectivity index (χ4v) is 3.28. The number of thiophene rings is 1. The average molecular weight is 264 g/mol. The molecule has 0 fully saturated rings. The van der Waals surface area contributed by atoms with E-state index < -0.39 is 0 Å². The van der Waals surface area contributed by atoms with Gasteiger partial charge in [-0.15, -0.1) is 11.3 Å². The van der Waals surface area contributed by atoms with Crippen molar-refractivity contribution in [2.45, 2.75) is 9.10 Å². The van der Waals surface area contributed by atoms with Gasteiger partial charge in [-0.25, -0.2) is 0 Å². The highest BCUT2D eigenvalue weighted by Gasteiger charge is 2.11. The Labute approximate surface area is 108 Å². The van der Waals surface area contributed by atoms with Crippen LogP contribution < -0.4 is 11.1 Å². The quantitative estimate of drug-likeness (QED) is 0.838. The third-order valence-electron chi connectivity index (χ3n) is 2.18. The molecule has 17 heavy (non-hydrogen) atoms. The molecule has 0 saturated heterocycles. The molecule has 0 bridgehead atoms. The Hall–Kier alpha value is -1.46. The van der Waals surface area contributed by atoms with E-state index >= 15 is 0 Å². The van der Waals surface area contributed by atoms with Crippen LogP contribution in [0.1, 0.15) is 10.4 Å². The predicted molar refractivity (Wildman–Crippen MR) is 72.7 cm³/mol. The molecule has 0 atom stereocenters. The molecule has 0 radical (unpaired) electrons. The second-order valence-corrected chi connectivity index (χ2v) is 5.66. The number of benzene rings is 1. The lowest BCUT2D eigenvalue weighted by Crippen LogP contribution is -2.18. The summed E-state index contributed by atoms with van der Waals surface area (Å²) in [6, 6.07) is 9.33. The minimum absolute atomic E-state index is 0.0935. The Morgan fingerprint density at radius 3 is 2.88 bits per heavy atom. The molecular weight excluding hydrogens is 252 g/mol. The largest absolute Gasteiger partial charge is 0.399 e. The van der Waals surface area contributed by atoms with E-state index in [0.29, 0.717) is 11.3 Å². The lowest BCUT2D eigenvalue weighted by molar-refractivity contribution is 0.0960. The molecular formula is C12H12N2OS2. The summed E-state index contributed by atoms with van der Waals surface area (Å²) in [6.07, 6.45) is 0. The highest BCUT2D eigenvalue weighted by atomic mass is 32.2. The van der Waals surface area contributed by atoms with Gasteiger partial charge in [0.25, 0.3) is 5.91 Å². The van der Waals surface area contributed by atoms with Gasteiger partial charge in [-0.1, -0.05) is 17.8 Å². The number of nitrogens with one attached hydrogen (secondary N) is 1. The predicted octanol–water partition coefficient (Wildman–Crippen LogP) is 2.84. The van der Waals surface area contributed by atoms with E-state index in [4.69, 9.17) is 5.73 Å². The van der Waals surface area contributed by atoms with Gasteiger partial charge in [0.2, 0.25) is 0 Å². The molecule has 0 spiro atoms. The number of rotatable bonds is 3. The van der Waals surface area contributed by atoms with Crippen LogP contribution in [0.15, 0.2) is 44.8 Å². The number of amides is 1. The number of nitrogen functional groups attached to an aromatic ring is 1. The molecule has 2 rings (SSSR count). The number of carbonyl (C=O) groups is 1. The second kappa shape index (κ2) is 5.25. The standard InChI is InChI=1S/C12H12N2OS2/c1-14-12(15)9-5-4-8(13)7-10(9)17-11-3-2-6-16-11/h2-7H,13H2,1H3,(H,14,15). The van der Waals surface area contributed by atoms with Gasteiger partial charge >= 0.3 is 0 Å². The van der Waals surface area contributed by atoms with Crippen LogP contribution in [-0.4, -0.2) is 13.0 Å². The molecule has 0 unspecified atom stereocenters. The lowest BCUT2D eigenvalue weighted by atomic mass is 10.2. The van der Waals surface area contributed by atoms with Crippen molar-refractivity contribution >= 4 is 34.7 Å². The topological polar surface area (TPSA) is 55.1 Å². The third kappa shape index (κ3) is 2.81. The Balaban J connectivity index is 2.36. The Kier molecular flexibility index (Phi) is 3.71. The lowest BCUT2D eigenvalue weighted by Gasteiger charge is -2.07. The number of anilines is 1. The van der Waals surface area contributed by atoms with Crippen molar-refractivity contribution < 1.29 is 4.79 Å². The maximum absolute atomic E-state index is 11.7. The minimum Gasteiger partial charge on any atom is -0.399 e. The van der Waals surface area contributed by atoms with Crippen LogP contribution in [0.2, 0.25) is 0 Å². The zero-order chi connectivity index (χ0) is 12.3. The normalized spacial score (nSPS) is 10.2. The first-order valence-electron chi connectivity index (χ1n) is 5.03. The zero-order valence-corrected chi connectivity index (χ0v) is 10.9. The summed E-state index contributed by atoms with van der Waals surface area (Å²) < 4.78 is 1.14. The highest BCUT2D eigenvalue weighted by Crippen LogP contribution is 2.34. The smallest absolute Gasteiger partial charge is 0.252 e. The molecule has 3 N–H and O–H groups in total. The summed E-state index contributed by atoms with van der Waals surface area (Å²) in [5, 5.41) is 4.64. The van der Waals surface area contributed by atoms with Crippen molar-refractivity contribution in [1.29, 1.82) is 0 Å². The van der Waals surface area contributed by atoms with Gasteiger partial charge in [0, 0.05) is 17.6 Å². The summed E-state index contributed by atoms with van der Waals surface area (Å²) in [5.41, 5.74) is 7.07. The Morgan fingerprint density at radius 2 is 2.24 bits per heavy atom. The van der Waals surface area contributed by atoms with E-state index in [2.05, 4.69) is 5.32 Å². The van der Waals surface area contributed by atoms with Crippen molar-refractivity contribution in [2.24, 2.45) is 0 Å². The summed E-state index contributed by atoms with van der Waals surface area (Å²) in [6.45, 7) is 0. The van der Waals surface area contributed by atoms with Crippen molar-refractivity contribution in [1.82, 2.24) is 5.32 Å². The molecule has 0 aliphatic heterocycles. The van der Waals surface area contributed by atoms with Crippen LogP contribution >= 0.6 is 23.1 Å². The maximum Gasteiger partial charge on any atom is 0.252 e. The van der Waals surface area contributed by atoms with Gasteiger partial charge in [-0.3, -0.25) is 4.79 Å². The Morgan fingerprint density at radius 1 is 1.41 bits per heavy atom. The number of carbonyl (C=O) groups excluding carboxylic acids is 1. The number of hydrogen-bond acceptors (Lipinski definition) is 4. The van der Waals surface area contributed by atoms with E-state index in [1.54, 1.807) is 42.3 Å². The molecule has 1 amide bonds. The van der Waals surface area contributed by atoms with E-state index in [9.17, 15) is 4.79 Å². The molecule has 3 nitrogen and oxygen atoms in total. The monoisotopic (exact) mass is 264 g/mol. The number of hydrogen-bond donors (Lipinski definition) is 2. The molecule has 2 aromatic rings. The minimum atomic E-state index is -0.0935. The molecule has 1 heterocycles. The molecule has 1 aromatic heterocycles. The first-order chi connectivity index (χ1) is 8.20. The van der Waals surface area contributed by atoms with Crippen LogP contribution in [0, 0.1) is 0 Å². The number of nitrogens with two attached hydrogens (primary N) is 1. The van der Waals surface area contributed by atoms with E-state index in [1.807, 2.05) is 23.6 Å². The summed E-state index contributed by atoms with van der Waals surface area (Å²) in [7, 11) is 1.62. The SMILES string of the molecule is CNC(=O)c1ccc(N)cc1Sc1cccs1. The second-order valence-electron chi connectivity index (χ2n) is 3.37. The van der Waals surface area contributed by atoms with Gasteiger partial charge in [0.05, 0.1) is 9.77 Å². The first kappa shape index (κ1) is 12.0. The molecule has 0 saturated carbocycles. The summed E-state index contributed by atoms with van der Waals surface area (Å²) in [4.78, 5) is 12.6. The Bertz CT molecular complexity index is 523. The van der Waals surface area contributed by atoms with Crippen LogP contribution in [-0.2, 0) is 0 Å². The summed E-state index contributed by atoms with van der Waals surface area (Å²) >= 11 is 3.20. The first-order valence-corrected chi connectivity index (χ1v) is 6.73. The average Bonchev–Trinajstić information content (AvgIpc) is 2.81. The van der Waals surface area contributed by atoms with E-state index in [0.717, 1.165) is 9.10 Å². The van der Waals surface area contributed by atoms with Crippen molar-refractivity contribution in [3.05, 3.63) is 41.3 Å². The molecule has 88 valence electrons. The molecule has 0 aliphatic carbocycles. The maximum atomic E-state index is 11.7. The highest BCUT2D eigenvalue weighted by molar-refractivity contribution is 8.01. The molecule has 1 aromatic carbocycles. The summed E-state index contributed by atoms with van der Waals surface area (Å²) in [5.74, 6) is -0.0935. The zero-order valence-electron chi connectivity index (χ0n) is 9.27. The van der Waals surface area contributed by atoms with Gasteiger partial charge in [0.15, 0.2) is 0 Å². The van der Waals surface area contributed by atoms with Crippen molar-refractivity contribution in [3.63, 3.8) is 0 Å². The van der Waals surface area contributed by atoms with E-state index in [-0.39, 0.29) is 5.91 Å². The van der Waals surface area contributed by atoms with Crippen LogP contribution in [0.4, 0.5) is 5.69 Å². The third-order valence-corrected chi connectivity index (χ3v) is 4.28.